The van der Waals surface area contributed by atoms with E-state index in [-0.39, 0.29) is 24.6 Å². The molecule has 0 radical (unpaired) electrons. The van der Waals surface area contributed by atoms with Crippen molar-refractivity contribution in [1.29, 1.82) is 0 Å². The second kappa shape index (κ2) is 83.5. The molecule has 0 fully saturated rings. The molecule has 14 N–H and O–H groups in total. The van der Waals surface area contributed by atoms with Gasteiger partial charge in [-0.1, -0.05) is 0 Å². The van der Waals surface area contributed by atoms with Gasteiger partial charge in [0, 0.05) is 12.8 Å². The number of quaternary nitrogens is 2. The van der Waals surface area contributed by atoms with Gasteiger partial charge in [0.15, 0.2) is 0 Å². The first-order valence-corrected chi connectivity index (χ1v) is 13.9. The Bertz CT molecular complexity index is 356. The third-order valence-electron chi connectivity index (χ3n) is 2.24. The summed E-state index contributed by atoms with van der Waals surface area (Å²) < 4.78 is 0. The van der Waals surface area contributed by atoms with Crippen LogP contribution in [0.25, 0.3) is 36.1 Å². The molecule has 0 bridgehead atoms. The maximum atomic E-state index is 8.25. The predicted octanol–water partition coefficient (Wildman–Crippen LogP) is 3.06. The van der Waals surface area contributed by atoms with Crippen molar-refractivity contribution in [3.63, 3.8) is 0 Å². The molecule has 24 nitrogen and oxygen atoms in total. The number of nitrogens with zero attached hydrogens (tertiary/aromatic N) is 4. The van der Waals surface area contributed by atoms with Crippen LogP contribution in [0.5, 0.6) is 0 Å². The van der Waals surface area contributed by atoms with Crippen molar-refractivity contribution < 1.29 is 68.5 Å². The minimum absolute atomic E-state index is 0. The van der Waals surface area contributed by atoms with Crippen LogP contribution in [0, 0.1) is 61.3 Å². The zero-order valence-corrected chi connectivity index (χ0v) is 25.7. The summed E-state index contributed by atoms with van der Waals surface area (Å²) in [6.45, 7) is 5.80. The summed E-state index contributed by atoms with van der Waals surface area (Å²) in [5.74, 6) is 0. The van der Waals surface area contributed by atoms with Crippen LogP contribution in [0.4, 0.5) is 0 Å². The fourth-order valence-electron chi connectivity index (χ4n) is 1.36. The zero-order valence-electron chi connectivity index (χ0n) is 19.6. The van der Waals surface area contributed by atoms with Crippen molar-refractivity contribution in [3.05, 3.63) is 97.4 Å². The average molecular weight is 976 g/mol. The van der Waals surface area contributed by atoms with E-state index >= 15 is 0 Å². The Hall–Kier alpha value is -1.56. The molecule has 0 aromatic carbocycles. The number of nitrogens with one attached hydrogen (secondary N) is 2. The normalized spacial score (nSPS) is 6.84. The number of hydrogen-bond acceptors (Lipinski definition) is 12. The van der Waals surface area contributed by atoms with E-state index in [2.05, 4.69) is 29.5 Å². The van der Waals surface area contributed by atoms with Gasteiger partial charge in [0.05, 0.1) is 46.5 Å². The molecule has 0 aliphatic heterocycles. The molecule has 38 heavy (non-hydrogen) atoms. The molecule has 0 rings (SSSR count). The van der Waals surface area contributed by atoms with Crippen LogP contribution in [-0.2, 0) is 37.5 Å². The van der Waals surface area contributed by atoms with Crippen LogP contribution in [0.15, 0.2) is 0 Å². The summed E-state index contributed by atoms with van der Waals surface area (Å²) in [7, 11) is 9.22. The van der Waals surface area contributed by atoms with Crippen molar-refractivity contribution in [1.82, 2.24) is 0 Å². The maximum Gasteiger partial charge on any atom is 0.0757 e. The van der Waals surface area contributed by atoms with Crippen molar-refractivity contribution in [2.45, 2.75) is 25.7 Å². The molecule has 0 heterocycles. The summed E-state index contributed by atoms with van der Waals surface area (Å²) in [5.41, 5.74) is 13.9. The summed E-state index contributed by atoms with van der Waals surface area (Å²) in [5, 5.41) is 63.6. The molecule has 0 aromatic rings. The van der Waals surface area contributed by atoms with Crippen LogP contribution < -0.4 is 10.6 Å². The van der Waals surface area contributed by atoms with Gasteiger partial charge in [0.25, 0.3) is 0 Å². The second-order valence-electron chi connectivity index (χ2n) is 4.54. The first-order chi connectivity index (χ1) is 15.8. The third-order valence-corrected chi connectivity index (χ3v) is 2.24. The first-order valence-electron chi connectivity index (χ1n) is 8.27. The van der Waals surface area contributed by atoms with Gasteiger partial charge in [0.2, 0.25) is 0 Å². The van der Waals surface area contributed by atoms with Crippen molar-refractivity contribution in [2.75, 3.05) is 39.3 Å². The van der Waals surface area contributed by atoms with Gasteiger partial charge in [-0.25, -0.2) is 0 Å². The van der Waals surface area contributed by atoms with E-state index in [4.69, 9.17) is 72.8 Å². The third kappa shape index (κ3) is 432. The van der Waals surface area contributed by atoms with E-state index in [0.29, 0.717) is 13.1 Å². The molecule has 0 saturated carbocycles. The Kier molecular flexibility index (Phi) is 155. The molecular formula is C10H34Cl2N12O12Pt2-6. The molecule has 0 atom stereocenters. The molecule has 0 unspecified atom stereocenters. The number of hydrogen-bond donors (Lipinski definition) is 2. The Morgan fingerprint density at radius 2 is 0.605 bits per heavy atom. The summed E-state index contributed by atoms with van der Waals surface area (Å²) in [4.78, 5) is 33.0. The van der Waals surface area contributed by atoms with Crippen LogP contribution in [0.1, 0.15) is 25.7 Å². The van der Waals surface area contributed by atoms with Gasteiger partial charge >= 0.3 is 56.4 Å². The van der Waals surface area contributed by atoms with Gasteiger partial charge in [-0.05, 0) is 12.8 Å². The van der Waals surface area contributed by atoms with Gasteiger partial charge in [-0.3, -0.25) is 0 Å². The van der Waals surface area contributed by atoms with Gasteiger partial charge in [-0.2, -0.15) is 0 Å². The van der Waals surface area contributed by atoms with Gasteiger partial charge in [-0.15, -0.1) is 13.1 Å². The van der Waals surface area contributed by atoms with Crippen molar-refractivity contribution >= 4 is 18.8 Å². The number of nitrogens with two attached hydrogens (primary N) is 6. The van der Waals surface area contributed by atoms with E-state index in [1.807, 2.05) is 0 Å². The molecule has 0 aromatic heterocycles. The van der Waals surface area contributed by atoms with Crippen molar-refractivity contribution in [3.8, 4) is 0 Å². The first kappa shape index (κ1) is 70.7. The van der Waals surface area contributed by atoms with E-state index in [0.717, 1.165) is 25.9 Å². The molecule has 0 aliphatic rings. The summed E-state index contributed by atoms with van der Waals surface area (Å²) in [6, 6.07) is 0. The quantitative estimate of drug-likeness (QED) is 0.171. The number of halogens is 2. The van der Waals surface area contributed by atoms with E-state index in [1.54, 1.807) is 37.5 Å². The van der Waals surface area contributed by atoms with Crippen LogP contribution in [0.3, 0.4) is 0 Å². The Labute approximate surface area is 248 Å². The molecule has 28 heteroatoms. The average Bonchev–Trinajstić information content (AvgIpc) is 2.71. The predicted molar refractivity (Wildman–Crippen MR) is 134 cm³/mol. The fraction of sp³-hybridized carbons (Fsp3) is 1.00. The molecule has 246 valence electrons. The van der Waals surface area contributed by atoms with Crippen LogP contribution in [-0.4, -0.2) is 59.6 Å². The Morgan fingerprint density at radius 1 is 0.474 bits per heavy atom. The van der Waals surface area contributed by atoms with E-state index in [9.17, 15) is 0 Å². The minimum Gasteiger partial charge on any atom is -0.693 e. The Balaban J connectivity index is -0.0000000285. The van der Waals surface area contributed by atoms with Crippen LogP contribution in [0.2, 0.25) is 0 Å². The Morgan fingerprint density at radius 3 is 0.737 bits per heavy atom. The van der Waals surface area contributed by atoms with Gasteiger partial charge in [0.1, 0.15) is 0 Å². The number of unbranched alkanes of at least 4 members (excludes halogenated alkanes) is 1. The molecule has 0 aliphatic carbocycles. The van der Waals surface area contributed by atoms with E-state index in [1.165, 1.54) is 25.9 Å². The monoisotopic (exact) mass is 974 g/mol. The smallest absolute Gasteiger partial charge is 0.0757 e. The van der Waals surface area contributed by atoms with Crippen LogP contribution >= 0.6 is 18.8 Å². The molecular weight excluding hydrogens is 941 g/mol. The zero-order chi connectivity index (χ0) is 28.8. The number of rotatable bonds is 11. The molecule has 0 amide bonds. The fourth-order valence-corrected chi connectivity index (χ4v) is 1.36. The van der Waals surface area contributed by atoms with Gasteiger partial charge < -0.3 is 108 Å². The minimum atomic E-state index is -1.75. The summed E-state index contributed by atoms with van der Waals surface area (Å²) >= 11 is 3.22. The molecule has 0 spiro atoms. The van der Waals surface area contributed by atoms with Crippen molar-refractivity contribution in [2.24, 2.45) is 0 Å². The largest absolute Gasteiger partial charge is 0.693 e. The second-order valence-corrected chi connectivity index (χ2v) is 4.54. The van der Waals surface area contributed by atoms with E-state index < -0.39 is 20.3 Å². The summed E-state index contributed by atoms with van der Waals surface area (Å²) in [6.07, 6.45) is 4.62. The SMILES string of the molecule is O=[N+]([O-])[O-].O=[N+]([O-])[O-].O=[N+]([O-])[O-].O=[N+]([O-])[O-].[Cl][Pt+].[Cl][Pt+].[NH-]CCC[NH2+]CCCC[NH2+]CCC[NH-].[NH2-].[NH2-].[NH2-].[NH2-]. The standard InChI is InChI=1S/C10H24N4.2ClH.4NO3.4H2N.2Pt/c11-5-3-9-13-7-1-2-8-14-10-4-6-12;;;4*2-1(3)4;;;;;;/h11-14H,1-10H2;2*1H;;;;;4*1H2;;/q-2;;;8*-1;2*+2. The topological polar surface area (TPSA) is 480 Å². The maximum absolute atomic E-state index is 8.25. The molecule has 0 saturated heterocycles.